The van der Waals surface area contributed by atoms with Crippen molar-refractivity contribution in [3.8, 4) is 0 Å². The smallest absolute Gasteiger partial charge is 0.231 e. The summed E-state index contributed by atoms with van der Waals surface area (Å²) in [6.45, 7) is 2.56. The molecule has 0 spiro atoms. The van der Waals surface area contributed by atoms with Crippen LogP contribution in [0.2, 0.25) is 0 Å². The van der Waals surface area contributed by atoms with E-state index < -0.39 is 0 Å². The Labute approximate surface area is 106 Å². The third-order valence-electron chi connectivity index (χ3n) is 3.31. The molecule has 1 amide bonds. The fraction of sp³-hybridized carbons (Fsp3) is 0.462. The molecule has 0 saturated carbocycles. The summed E-state index contributed by atoms with van der Waals surface area (Å²) in [5, 5.41) is 5.81. The topological polar surface area (TPSA) is 50.4 Å². The molecule has 0 radical (unpaired) electrons. The summed E-state index contributed by atoms with van der Waals surface area (Å²) < 4.78 is 18.6. The standard InChI is InChI=1S/C13H17FN2O2/c1-8-10(14)4-3-5-11(8)16-13(17)9-6-18-7-12(9)15-2/h3-5,9,12,15H,6-7H2,1-2H3,(H,16,17). The largest absolute Gasteiger partial charge is 0.379 e. The Kier molecular flexibility index (Phi) is 3.93. The van der Waals surface area contributed by atoms with Crippen molar-refractivity contribution in [2.24, 2.45) is 5.92 Å². The Morgan fingerprint density at radius 3 is 2.94 bits per heavy atom. The van der Waals surface area contributed by atoms with Crippen molar-refractivity contribution in [1.29, 1.82) is 0 Å². The first-order valence-corrected chi connectivity index (χ1v) is 5.94. The van der Waals surface area contributed by atoms with Gasteiger partial charge >= 0.3 is 0 Å². The van der Waals surface area contributed by atoms with E-state index in [4.69, 9.17) is 4.74 Å². The lowest BCUT2D eigenvalue weighted by Crippen LogP contribution is -2.39. The fourth-order valence-electron chi connectivity index (χ4n) is 2.07. The predicted molar refractivity (Wildman–Crippen MR) is 66.9 cm³/mol. The lowest BCUT2D eigenvalue weighted by atomic mass is 10.0. The van der Waals surface area contributed by atoms with E-state index in [1.165, 1.54) is 6.07 Å². The zero-order valence-electron chi connectivity index (χ0n) is 10.5. The molecule has 2 atom stereocenters. The second-order valence-corrected chi connectivity index (χ2v) is 4.44. The summed E-state index contributed by atoms with van der Waals surface area (Å²) in [4.78, 5) is 12.1. The summed E-state index contributed by atoms with van der Waals surface area (Å²) in [7, 11) is 1.80. The number of rotatable bonds is 3. The van der Waals surface area contributed by atoms with Gasteiger partial charge in [-0.3, -0.25) is 4.79 Å². The van der Waals surface area contributed by atoms with Crippen LogP contribution in [0.15, 0.2) is 18.2 Å². The van der Waals surface area contributed by atoms with Crippen LogP contribution in [0.25, 0.3) is 0 Å². The minimum absolute atomic E-state index is 0.0128. The molecular weight excluding hydrogens is 235 g/mol. The van der Waals surface area contributed by atoms with Crippen LogP contribution in [0.4, 0.5) is 10.1 Å². The average molecular weight is 252 g/mol. The Morgan fingerprint density at radius 1 is 1.44 bits per heavy atom. The van der Waals surface area contributed by atoms with Gasteiger partial charge in [0, 0.05) is 17.3 Å². The van der Waals surface area contributed by atoms with Gasteiger partial charge in [-0.2, -0.15) is 0 Å². The predicted octanol–water partition coefficient (Wildman–Crippen LogP) is 1.31. The highest BCUT2D eigenvalue weighted by atomic mass is 19.1. The van der Waals surface area contributed by atoms with Crippen LogP contribution in [-0.2, 0) is 9.53 Å². The molecule has 18 heavy (non-hydrogen) atoms. The van der Waals surface area contributed by atoms with Gasteiger partial charge in [-0.15, -0.1) is 0 Å². The number of likely N-dealkylation sites (N-methyl/N-ethyl adjacent to an activating group) is 1. The van der Waals surface area contributed by atoms with Crippen LogP contribution >= 0.6 is 0 Å². The second kappa shape index (κ2) is 5.46. The van der Waals surface area contributed by atoms with E-state index in [-0.39, 0.29) is 23.7 Å². The molecular formula is C13H17FN2O2. The number of hydrogen-bond acceptors (Lipinski definition) is 3. The molecule has 1 fully saturated rings. The van der Waals surface area contributed by atoms with Gasteiger partial charge in [0.2, 0.25) is 5.91 Å². The number of halogens is 1. The van der Waals surface area contributed by atoms with Gasteiger partial charge in [0.15, 0.2) is 0 Å². The number of carbonyl (C=O) groups excluding carboxylic acids is 1. The van der Waals surface area contributed by atoms with Crippen molar-refractivity contribution >= 4 is 11.6 Å². The first-order chi connectivity index (χ1) is 8.63. The number of carbonyl (C=O) groups is 1. The minimum Gasteiger partial charge on any atom is -0.379 e. The van der Waals surface area contributed by atoms with Gasteiger partial charge in [0.1, 0.15) is 5.82 Å². The van der Waals surface area contributed by atoms with Crippen molar-refractivity contribution in [2.45, 2.75) is 13.0 Å². The third kappa shape index (κ3) is 2.52. The van der Waals surface area contributed by atoms with Crippen molar-refractivity contribution < 1.29 is 13.9 Å². The van der Waals surface area contributed by atoms with Crippen molar-refractivity contribution in [2.75, 3.05) is 25.6 Å². The summed E-state index contributed by atoms with van der Waals surface area (Å²) in [6.07, 6.45) is 0. The molecule has 1 aromatic rings. The van der Waals surface area contributed by atoms with Crippen LogP contribution in [-0.4, -0.2) is 32.2 Å². The van der Waals surface area contributed by atoms with E-state index in [1.54, 1.807) is 26.1 Å². The number of hydrogen-bond donors (Lipinski definition) is 2. The highest BCUT2D eigenvalue weighted by Crippen LogP contribution is 2.20. The highest BCUT2D eigenvalue weighted by Gasteiger charge is 2.33. The van der Waals surface area contributed by atoms with Crippen molar-refractivity contribution in [1.82, 2.24) is 5.32 Å². The normalized spacial score (nSPS) is 23.1. The molecule has 98 valence electrons. The first-order valence-electron chi connectivity index (χ1n) is 5.94. The summed E-state index contributed by atoms with van der Waals surface area (Å²) in [5.41, 5.74) is 0.965. The zero-order valence-corrected chi connectivity index (χ0v) is 10.5. The molecule has 1 aliphatic heterocycles. The molecule has 0 aromatic heterocycles. The Morgan fingerprint density at radius 2 is 2.22 bits per heavy atom. The average Bonchev–Trinajstić information content (AvgIpc) is 2.83. The van der Waals surface area contributed by atoms with Crippen LogP contribution in [0, 0.1) is 18.7 Å². The molecule has 1 saturated heterocycles. The third-order valence-corrected chi connectivity index (χ3v) is 3.31. The molecule has 2 N–H and O–H groups in total. The molecule has 1 aromatic carbocycles. The second-order valence-electron chi connectivity index (χ2n) is 4.44. The van der Waals surface area contributed by atoms with E-state index in [9.17, 15) is 9.18 Å². The number of ether oxygens (including phenoxy) is 1. The fourth-order valence-corrected chi connectivity index (χ4v) is 2.07. The van der Waals surface area contributed by atoms with Gasteiger partial charge in [-0.1, -0.05) is 6.07 Å². The number of anilines is 1. The Hall–Kier alpha value is -1.46. The Bertz CT molecular complexity index is 451. The van der Waals surface area contributed by atoms with Crippen LogP contribution in [0.3, 0.4) is 0 Å². The van der Waals surface area contributed by atoms with Gasteiger partial charge in [-0.05, 0) is 26.1 Å². The van der Waals surface area contributed by atoms with E-state index in [0.29, 0.717) is 24.5 Å². The van der Waals surface area contributed by atoms with Gasteiger partial charge in [0.05, 0.1) is 19.1 Å². The molecule has 4 nitrogen and oxygen atoms in total. The lowest BCUT2D eigenvalue weighted by molar-refractivity contribution is -0.120. The molecule has 0 aliphatic carbocycles. The Balaban J connectivity index is 2.09. The van der Waals surface area contributed by atoms with Gasteiger partial charge < -0.3 is 15.4 Å². The number of nitrogens with one attached hydrogen (secondary N) is 2. The van der Waals surface area contributed by atoms with E-state index >= 15 is 0 Å². The van der Waals surface area contributed by atoms with Crippen molar-refractivity contribution in [3.05, 3.63) is 29.6 Å². The summed E-state index contributed by atoms with van der Waals surface area (Å²) >= 11 is 0. The molecule has 1 heterocycles. The van der Waals surface area contributed by atoms with Gasteiger partial charge in [0.25, 0.3) is 0 Å². The van der Waals surface area contributed by atoms with E-state index in [1.807, 2.05) is 0 Å². The van der Waals surface area contributed by atoms with Crippen LogP contribution in [0.5, 0.6) is 0 Å². The monoisotopic (exact) mass is 252 g/mol. The molecule has 5 heteroatoms. The summed E-state index contributed by atoms with van der Waals surface area (Å²) in [5.74, 6) is -0.696. The zero-order chi connectivity index (χ0) is 13.1. The van der Waals surface area contributed by atoms with Gasteiger partial charge in [-0.25, -0.2) is 4.39 Å². The highest BCUT2D eigenvalue weighted by molar-refractivity contribution is 5.94. The quantitative estimate of drug-likeness (QED) is 0.852. The molecule has 1 aliphatic rings. The maximum Gasteiger partial charge on any atom is 0.231 e. The molecule has 2 rings (SSSR count). The van der Waals surface area contributed by atoms with Crippen molar-refractivity contribution in [3.63, 3.8) is 0 Å². The molecule has 2 unspecified atom stereocenters. The van der Waals surface area contributed by atoms with Crippen LogP contribution in [0.1, 0.15) is 5.56 Å². The van der Waals surface area contributed by atoms with E-state index in [2.05, 4.69) is 10.6 Å². The summed E-state index contributed by atoms with van der Waals surface area (Å²) in [6, 6.07) is 4.66. The van der Waals surface area contributed by atoms with Crippen LogP contribution < -0.4 is 10.6 Å². The first kappa shape index (κ1) is 13.0. The van der Waals surface area contributed by atoms with E-state index in [0.717, 1.165) is 0 Å². The minimum atomic E-state index is -0.319. The maximum absolute atomic E-state index is 13.4. The number of benzene rings is 1. The lowest BCUT2D eigenvalue weighted by Gasteiger charge is -2.17. The maximum atomic E-state index is 13.4. The number of amides is 1. The molecule has 0 bridgehead atoms. The SMILES string of the molecule is CNC1COCC1C(=O)Nc1cccc(F)c1C.